The largest absolute Gasteiger partial charge is 0.473 e. The van der Waals surface area contributed by atoms with Crippen LogP contribution in [0, 0.1) is 0 Å². The molecule has 7 nitrogen and oxygen atoms in total. The van der Waals surface area contributed by atoms with Gasteiger partial charge in [-0.25, -0.2) is 9.78 Å². The van der Waals surface area contributed by atoms with Gasteiger partial charge < -0.3 is 15.0 Å². The highest BCUT2D eigenvalue weighted by atomic mass is 19.4. The van der Waals surface area contributed by atoms with Gasteiger partial charge in [0.2, 0.25) is 5.88 Å². The third-order valence-electron chi connectivity index (χ3n) is 4.12. The molecule has 1 saturated heterocycles. The number of urea groups is 1. The van der Waals surface area contributed by atoms with Crippen LogP contribution in [0.4, 0.5) is 18.0 Å². The predicted octanol–water partition coefficient (Wildman–Crippen LogP) is 2.64. The molecule has 1 N–H and O–H groups in total. The number of halogens is 3. The van der Waals surface area contributed by atoms with Crippen molar-refractivity contribution in [3.8, 4) is 5.88 Å². The molecule has 10 heteroatoms. The number of hydrogen-bond acceptors (Lipinski definition) is 5. The van der Waals surface area contributed by atoms with Crippen LogP contribution in [0.25, 0.3) is 0 Å². The highest BCUT2D eigenvalue weighted by Crippen LogP contribution is 2.27. The lowest BCUT2D eigenvalue weighted by molar-refractivity contribution is -0.141. The van der Waals surface area contributed by atoms with Gasteiger partial charge in [-0.3, -0.25) is 9.97 Å². The van der Waals surface area contributed by atoms with Crippen LogP contribution in [-0.2, 0) is 12.7 Å². The molecule has 0 radical (unpaired) electrons. The first-order valence-corrected chi connectivity index (χ1v) is 8.39. The number of carbonyl (C=O) groups is 1. The molecule has 3 heterocycles. The lowest BCUT2D eigenvalue weighted by Gasteiger charge is -2.31. The first-order valence-electron chi connectivity index (χ1n) is 8.39. The molecular formula is C17H18F3N5O2. The second-order valence-electron chi connectivity index (χ2n) is 6.06. The topological polar surface area (TPSA) is 80.2 Å². The molecule has 2 aromatic rings. The molecule has 0 unspecified atom stereocenters. The van der Waals surface area contributed by atoms with Crippen molar-refractivity contribution in [2.24, 2.45) is 0 Å². The minimum atomic E-state index is -4.47. The van der Waals surface area contributed by atoms with E-state index in [-0.39, 0.29) is 18.7 Å². The lowest BCUT2D eigenvalue weighted by Crippen LogP contribution is -2.46. The summed E-state index contributed by atoms with van der Waals surface area (Å²) in [5, 5.41) is 2.69. The maximum atomic E-state index is 12.5. The van der Waals surface area contributed by atoms with Crippen LogP contribution in [0.5, 0.6) is 5.88 Å². The third-order valence-corrected chi connectivity index (χ3v) is 4.12. The van der Waals surface area contributed by atoms with Crippen LogP contribution in [0.15, 0.2) is 36.9 Å². The minimum absolute atomic E-state index is 0.0372. The molecule has 0 spiro atoms. The van der Waals surface area contributed by atoms with Crippen LogP contribution in [0.1, 0.15) is 24.1 Å². The van der Waals surface area contributed by atoms with Crippen molar-refractivity contribution in [1.29, 1.82) is 0 Å². The summed E-state index contributed by atoms with van der Waals surface area (Å²) in [4.78, 5) is 25.2. The van der Waals surface area contributed by atoms with Crippen LogP contribution in [-0.4, -0.2) is 45.1 Å². The number of carbonyl (C=O) groups excluding carboxylic acids is 1. The van der Waals surface area contributed by atoms with Crippen LogP contribution < -0.4 is 10.1 Å². The number of alkyl halides is 3. The number of pyridine rings is 1. The molecule has 0 atom stereocenters. The van der Waals surface area contributed by atoms with Gasteiger partial charge in [0, 0.05) is 51.1 Å². The van der Waals surface area contributed by atoms with E-state index in [2.05, 4.69) is 20.3 Å². The number of hydrogen-bond donors (Lipinski definition) is 1. The van der Waals surface area contributed by atoms with Crippen molar-refractivity contribution >= 4 is 6.03 Å². The Morgan fingerprint density at radius 3 is 2.56 bits per heavy atom. The van der Waals surface area contributed by atoms with Gasteiger partial charge in [-0.1, -0.05) is 6.07 Å². The Labute approximate surface area is 153 Å². The van der Waals surface area contributed by atoms with E-state index in [0.29, 0.717) is 37.4 Å². The Kier molecular flexibility index (Phi) is 5.72. The molecule has 0 saturated carbocycles. The fourth-order valence-corrected chi connectivity index (χ4v) is 2.68. The van der Waals surface area contributed by atoms with Gasteiger partial charge in [0.05, 0.1) is 6.20 Å². The van der Waals surface area contributed by atoms with Gasteiger partial charge in [-0.2, -0.15) is 13.2 Å². The maximum Gasteiger partial charge on any atom is 0.433 e. The van der Waals surface area contributed by atoms with Gasteiger partial charge in [-0.15, -0.1) is 0 Å². The Balaban J connectivity index is 1.43. The normalized spacial score (nSPS) is 15.4. The standard InChI is InChI=1S/C17H18F3N5O2/c18-17(19,20)14-2-1-12(9-23-14)10-24-16(26)25-7-3-13(4-8-25)27-15-11-21-5-6-22-15/h1-2,5-6,9,11,13H,3-4,7-8,10H2,(H,24,26). The summed E-state index contributed by atoms with van der Waals surface area (Å²) in [5.74, 6) is 0.454. The number of aromatic nitrogens is 3. The van der Waals surface area contributed by atoms with Crippen molar-refractivity contribution in [2.75, 3.05) is 13.1 Å². The monoisotopic (exact) mass is 381 g/mol. The summed E-state index contributed by atoms with van der Waals surface area (Å²) in [5.41, 5.74) is -0.458. The van der Waals surface area contributed by atoms with Crippen molar-refractivity contribution in [2.45, 2.75) is 31.7 Å². The molecule has 0 bridgehead atoms. The lowest BCUT2D eigenvalue weighted by atomic mass is 10.1. The van der Waals surface area contributed by atoms with E-state index in [1.165, 1.54) is 12.3 Å². The van der Waals surface area contributed by atoms with E-state index < -0.39 is 11.9 Å². The summed E-state index contributed by atoms with van der Waals surface area (Å²) in [6, 6.07) is 1.93. The molecule has 3 rings (SSSR count). The number of piperidine rings is 1. The predicted molar refractivity (Wildman–Crippen MR) is 88.7 cm³/mol. The quantitative estimate of drug-likeness (QED) is 0.881. The van der Waals surface area contributed by atoms with E-state index >= 15 is 0 Å². The van der Waals surface area contributed by atoms with E-state index in [0.717, 1.165) is 12.3 Å². The summed E-state index contributed by atoms with van der Waals surface area (Å²) >= 11 is 0. The molecule has 1 aliphatic rings. The average Bonchev–Trinajstić information content (AvgIpc) is 2.67. The summed E-state index contributed by atoms with van der Waals surface area (Å²) in [6.45, 7) is 1.14. The third kappa shape index (κ3) is 5.28. The molecule has 1 aliphatic heterocycles. The number of likely N-dealkylation sites (tertiary alicyclic amines) is 1. The first-order chi connectivity index (χ1) is 12.9. The number of ether oxygens (including phenoxy) is 1. The Morgan fingerprint density at radius 2 is 1.96 bits per heavy atom. The van der Waals surface area contributed by atoms with Crippen LogP contribution in [0.2, 0.25) is 0 Å². The molecule has 2 amide bonds. The summed E-state index contributed by atoms with van der Waals surface area (Å²) < 4.78 is 43.2. The van der Waals surface area contributed by atoms with Crippen LogP contribution >= 0.6 is 0 Å². The minimum Gasteiger partial charge on any atom is -0.473 e. The number of rotatable bonds is 4. The van der Waals surface area contributed by atoms with Gasteiger partial charge >= 0.3 is 12.2 Å². The van der Waals surface area contributed by atoms with Gasteiger partial charge in [0.15, 0.2) is 0 Å². The molecule has 0 aromatic carbocycles. The molecule has 1 fully saturated rings. The van der Waals surface area contributed by atoms with Crippen molar-refractivity contribution in [3.63, 3.8) is 0 Å². The average molecular weight is 381 g/mol. The van der Waals surface area contributed by atoms with Gasteiger partial charge in [0.25, 0.3) is 0 Å². The molecular weight excluding hydrogens is 363 g/mol. The molecule has 2 aromatic heterocycles. The van der Waals surface area contributed by atoms with E-state index in [4.69, 9.17) is 4.74 Å². The zero-order chi connectivity index (χ0) is 19.3. The Hall–Kier alpha value is -2.91. The zero-order valence-electron chi connectivity index (χ0n) is 14.3. The maximum absolute atomic E-state index is 12.5. The smallest absolute Gasteiger partial charge is 0.433 e. The Bertz CT molecular complexity index is 747. The second kappa shape index (κ2) is 8.19. The Morgan fingerprint density at radius 1 is 1.19 bits per heavy atom. The second-order valence-corrected chi connectivity index (χ2v) is 6.06. The van der Waals surface area contributed by atoms with Crippen molar-refractivity contribution in [3.05, 3.63) is 48.2 Å². The van der Waals surface area contributed by atoms with Gasteiger partial charge in [-0.05, 0) is 11.6 Å². The highest BCUT2D eigenvalue weighted by Gasteiger charge is 2.32. The fraction of sp³-hybridized carbons (Fsp3) is 0.412. The summed E-state index contributed by atoms with van der Waals surface area (Å²) in [7, 11) is 0. The molecule has 27 heavy (non-hydrogen) atoms. The summed E-state index contributed by atoms with van der Waals surface area (Å²) in [6.07, 6.45) is 2.57. The van der Waals surface area contributed by atoms with Crippen molar-refractivity contribution in [1.82, 2.24) is 25.2 Å². The van der Waals surface area contributed by atoms with E-state index in [1.54, 1.807) is 17.3 Å². The fourth-order valence-electron chi connectivity index (χ4n) is 2.68. The number of nitrogens with zero attached hydrogens (tertiary/aromatic N) is 4. The van der Waals surface area contributed by atoms with E-state index in [9.17, 15) is 18.0 Å². The SMILES string of the molecule is O=C(NCc1ccc(C(F)(F)F)nc1)N1CCC(Oc2cnccn2)CC1. The molecule has 0 aliphatic carbocycles. The number of amides is 2. The van der Waals surface area contributed by atoms with Crippen LogP contribution in [0.3, 0.4) is 0 Å². The number of nitrogens with one attached hydrogen (secondary N) is 1. The molecule has 144 valence electrons. The van der Waals surface area contributed by atoms with Crippen molar-refractivity contribution < 1.29 is 22.7 Å². The van der Waals surface area contributed by atoms with Gasteiger partial charge in [0.1, 0.15) is 11.8 Å². The highest BCUT2D eigenvalue weighted by molar-refractivity contribution is 5.74. The zero-order valence-corrected chi connectivity index (χ0v) is 14.3. The van der Waals surface area contributed by atoms with E-state index in [1.807, 2.05) is 0 Å². The first kappa shape index (κ1) is 18.9.